The first-order chi connectivity index (χ1) is 7.08. The highest BCUT2D eigenvalue weighted by Crippen LogP contribution is 2.23. The van der Waals surface area contributed by atoms with Gasteiger partial charge in [0.05, 0.1) is 0 Å². The van der Waals surface area contributed by atoms with E-state index in [0.29, 0.717) is 6.61 Å². The summed E-state index contributed by atoms with van der Waals surface area (Å²) >= 11 is 1.72. The van der Waals surface area contributed by atoms with Gasteiger partial charge in [-0.2, -0.15) is 0 Å². The van der Waals surface area contributed by atoms with Crippen molar-refractivity contribution in [3.63, 3.8) is 0 Å². The summed E-state index contributed by atoms with van der Waals surface area (Å²) in [5.74, 6) is -0.216. The van der Waals surface area contributed by atoms with Crippen molar-refractivity contribution in [1.29, 1.82) is 0 Å². The molecule has 0 aliphatic heterocycles. The van der Waals surface area contributed by atoms with Crippen molar-refractivity contribution < 1.29 is 9.53 Å². The molecule has 1 rings (SSSR count). The van der Waals surface area contributed by atoms with Crippen LogP contribution in [0.15, 0.2) is 29.2 Å². The van der Waals surface area contributed by atoms with Crippen molar-refractivity contribution in [1.82, 2.24) is 0 Å². The average molecular weight is 224 g/mol. The summed E-state index contributed by atoms with van der Waals surface area (Å²) in [5.41, 5.74) is 1.26. The van der Waals surface area contributed by atoms with Crippen LogP contribution < -0.4 is 0 Å². The predicted molar refractivity (Wildman–Crippen MR) is 63.1 cm³/mol. The second-order valence-corrected chi connectivity index (χ2v) is 5.06. The highest BCUT2D eigenvalue weighted by Gasteiger charge is 2.05. The van der Waals surface area contributed by atoms with Crippen LogP contribution in [0.2, 0.25) is 0 Å². The van der Waals surface area contributed by atoms with Crippen molar-refractivity contribution in [2.45, 2.75) is 30.9 Å². The molecule has 0 saturated heterocycles. The Morgan fingerprint density at radius 1 is 1.40 bits per heavy atom. The first kappa shape index (κ1) is 12.1. The molecule has 0 bridgehead atoms. The van der Waals surface area contributed by atoms with E-state index >= 15 is 0 Å². The summed E-state index contributed by atoms with van der Waals surface area (Å²) in [6.45, 7) is 6.02. The molecular formula is C12H16O2S. The Labute approximate surface area is 95.0 Å². The van der Waals surface area contributed by atoms with Crippen molar-refractivity contribution in [3.05, 3.63) is 29.8 Å². The van der Waals surface area contributed by atoms with Crippen molar-refractivity contribution in [3.8, 4) is 0 Å². The molecule has 0 fully saturated rings. The molecule has 15 heavy (non-hydrogen) atoms. The van der Waals surface area contributed by atoms with Crippen molar-refractivity contribution in [2.75, 3.05) is 6.61 Å². The van der Waals surface area contributed by atoms with E-state index in [-0.39, 0.29) is 11.2 Å². The molecule has 1 aromatic rings. The van der Waals surface area contributed by atoms with Gasteiger partial charge in [-0.3, -0.25) is 4.79 Å². The molecule has 1 unspecified atom stereocenters. The Kier molecular flexibility index (Phi) is 4.69. The lowest BCUT2D eigenvalue weighted by Crippen LogP contribution is -2.10. The maximum absolute atomic E-state index is 10.6. The minimum Gasteiger partial charge on any atom is -0.465 e. The lowest BCUT2D eigenvalue weighted by atomic mass is 10.2. The van der Waals surface area contributed by atoms with Gasteiger partial charge in [0, 0.05) is 17.1 Å². The van der Waals surface area contributed by atoms with Crippen LogP contribution >= 0.6 is 11.8 Å². The molecule has 0 amide bonds. The third-order valence-corrected chi connectivity index (χ3v) is 2.96. The van der Waals surface area contributed by atoms with E-state index in [1.165, 1.54) is 17.4 Å². The number of thioether (sulfide) groups is 1. The minimum absolute atomic E-state index is 0.216. The topological polar surface area (TPSA) is 26.3 Å². The second kappa shape index (κ2) is 5.81. The first-order valence-corrected chi connectivity index (χ1v) is 5.82. The monoisotopic (exact) mass is 224 g/mol. The zero-order chi connectivity index (χ0) is 11.3. The van der Waals surface area contributed by atoms with Gasteiger partial charge in [0.2, 0.25) is 0 Å². The fourth-order valence-corrected chi connectivity index (χ4v) is 2.01. The predicted octanol–water partition coefficient (Wildman–Crippen LogP) is 3.04. The standard InChI is InChI=1S/C12H16O2S/c1-9-4-6-12(7-5-9)15-10(2)8-14-11(3)13/h4-7,10H,8H2,1-3H3. The molecule has 3 heteroatoms. The van der Waals surface area contributed by atoms with Crippen LogP contribution in [-0.4, -0.2) is 17.8 Å². The smallest absolute Gasteiger partial charge is 0.302 e. The number of rotatable bonds is 4. The number of carbonyl (C=O) groups is 1. The quantitative estimate of drug-likeness (QED) is 0.581. The summed E-state index contributed by atoms with van der Waals surface area (Å²) in [4.78, 5) is 11.8. The lowest BCUT2D eigenvalue weighted by Gasteiger charge is -2.10. The number of aryl methyl sites for hydroxylation is 1. The van der Waals surface area contributed by atoms with Gasteiger partial charge in [0.25, 0.3) is 0 Å². The SMILES string of the molecule is CC(=O)OCC(C)Sc1ccc(C)cc1. The normalized spacial score (nSPS) is 12.2. The van der Waals surface area contributed by atoms with Gasteiger partial charge in [0.15, 0.2) is 0 Å². The number of hydrogen-bond donors (Lipinski definition) is 0. The Balaban J connectivity index is 2.40. The summed E-state index contributed by atoms with van der Waals surface area (Å²) in [6.07, 6.45) is 0. The Bertz CT molecular complexity index is 319. The molecule has 0 N–H and O–H groups in total. The second-order valence-electron chi connectivity index (χ2n) is 3.54. The maximum atomic E-state index is 10.6. The molecular weight excluding hydrogens is 208 g/mol. The molecule has 0 spiro atoms. The van der Waals surface area contributed by atoms with E-state index in [2.05, 4.69) is 31.2 Å². The van der Waals surface area contributed by atoms with E-state index in [0.717, 1.165) is 0 Å². The summed E-state index contributed by atoms with van der Waals surface area (Å²) in [6, 6.07) is 8.34. The van der Waals surface area contributed by atoms with Gasteiger partial charge in [0.1, 0.15) is 6.61 Å². The summed E-state index contributed by atoms with van der Waals surface area (Å²) < 4.78 is 4.94. The fourth-order valence-electron chi connectivity index (χ4n) is 1.12. The van der Waals surface area contributed by atoms with E-state index in [4.69, 9.17) is 4.74 Å². The van der Waals surface area contributed by atoms with Crippen LogP contribution in [-0.2, 0) is 9.53 Å². The number of benzene rings is 1. The largest absolute Gasteiger partial charge is 0.465 e. The molecule has 0 saturated carbocycles. The Morgan fingerprint density at radius 3 is 2.53 bits per heavy atom. The number of esters is 1. The Hall–Kier alpha value is -0.960. The molecule has 1 aromatic carbocycles. The molecule has 0 aliphatic rings. The maximum Gasteiger partial charge on any atom is 0.302 e. The zero-order valence-electron chi connectivity index (χ0n) is 9.32. The molecule has 82 valence electrons. The highest BCUT2D eigenvalue weighted by molar-refractivity contribution is 8.00. The molecule has 2 nitrogen and oxygen atoms in total. The van der Waals surface area contributed by atoms with Gasteiger partial charge in [-0.25, -0.2) is 0 Å². The molecule has 1 atom stereocenters. The van der Waals surface area contributed by atoms with Crippen LogP contribution in [0.25, 0.3) is 0 Å². The lowest BCUT2D eigenvalue weighted by molar-refractivity contribution is -0.140. The van der Waals surface area contributed by atoms with Gasteiger partial charge < -0.3 is 4.74 Å². The first-order valence-electron chi connectivity index (χ1n) is 4.94. The average Bonchev–Trinajstić information content (AvgIpc) is 2.19. The van der Waals surface area contributed by atoms with Gasteiger partial charge in [-0.15, -0.1) is 11.8 Å². The van der Waals surface area contributed by atoms with Crippen molar-refractivity contribution in [2.24, 2.45) is 0 Å². The number of carbonyl (C=O) groups excluding carboxylic acids is 1. The third-order valence-electron chi connectivity index (χ3n) is 1.88. The summed E-state index contributed by atoms with van der Waals surface area (Å²) in [7, 11) is 0. The van der Waals surface area contributed by atoms with Crippen molar-refractivity contribution >= 4 is 17.7 Å². The van der Waals surface area contributed by atoms with Gasteiger partial charge >= 0.3 is 5.97 Å². The zero-order valence-corrected chi connectivity index (χ0v) is 10.1. The van der Waals surface area contributed by atoms with Crippen LogP contribution in [0.3, 0.4) is 0 Å². The van der Waals surface area contributed by atoms with Crippen LogP contribution in [0.5, 0.6) is 0 Å². The summed E-state index contributed by atoms with van der Waals surface area (Å²) in [5, 5.41) is 0.289. The minimum atomic E-state index is -0.216. The van der Waals surface area contributed by atoms with E-state index in [1.807, 2.05) is 6.92 Å². The number of hydrogen-bond acceptors (Lipinski definition) is 3. The molecule has 0 heterocycles. The van der Waals surface area contributed by atoms with Crippen LogP contribution in [0.4, 0.5) is 0 Å². The fraction of sp³-hybridized carbons (Fsp3) is 0.417. The van der Waals surface area contributed by atoms with Gasteiger partial charge in [-0.05, 0) is 26.0 Å². The van der Waals surface area contributed by atoms with Crippen LogP contribution in [0, 0.1) is 6.92 Å². The number of ether oxygens (including phenoxy) is 1. The van der Waals surface area contributed by atoms with Gasteiger partial charge in [-0.1, -0.05) is 17.7 Å². The molecule has 0 aromatic heterocycles. The van der Waals surface area contributed by atoms with Crippen LogP contribution in [0.1, 0.15) is 19.4 Å². The highest BCUT2D eigenvalue weighted by atomic mass is 32.2. The molecule has 0 radical (unpaired) electrons. The molecule has 0 aliphatic carbocycles. The van der Waals surface area contributed by atoms with E-state index in [1.54, 1.807) is 11.8 Å². The van der Waals surface area contributed by atoms with E-state index in [9.17, 15) is 4.79 Å². The Morgan fingerprint density at radius 2 is 2.00 bits per heavy atom. The third kappa shape index (κ3) is 4.88. The van der Waals surface area contributed by atoms with E-state index < -0.39 is 0 Å².